The lowest BCUT2D eigenvalue weighted by Gasteiger charge is -2.06. The monoisotopic (exact) mass is 430 g/mol. The van der Waals surface area contributed by atoms with Gasteiger partial charge < -0.3 is 14.6 Å². The van der Waals surface area contributed by atoms with E-state index in [9.17, 15) is 9.59 Å². The second-order valence-electron chi connectivity index (χ2n) is 7.61. The topological polar surface area (TPSA) is 72.8 Å². The van der Waals surface area contributed by atoms with Crippen molar-refractivity contribution in [2.75, 3.05) is 6.61 Å². The SMILES string of the molecule is CCCCC/C=C\C/C=C\CCCCCCCC(=O)Oc1ccc(OCC(=O)O)cc1. The Kier molecular flexibility index (Phi) is 15.6. The molecule has 0 spiro atoms. The predicted molar refractivity (Wildman–Crippen MR) is 125 cm³/mol. The zero-order valence-corrected chi connectivity index (χ0v) is 18.9. The number of carbonyl (C=O) groups excluding carboxylic acids is 1. The molecule has 0 atom stereocenters. The Hall–Kier alpha value is -2.56. The zero-order chi connectivity index (χ0) is 22.6. The molecule has 0 unspecified atom stereocenters. The highest BCUT2D eigenvalue weighted by molar-refractivity contribution is 5.72. The van der Waals surface area contributed by atoms with Crippen LogP contribution >= 0.6 is 0 Å². The minimum absolute atomic E-state index is 0.245. The summed E-state index contributed by atoms with van der Waals surface area (Å²) in [5, 5.41) is 8.58. The second-order valence-corrected chi connectivity index (χ2v) is 7.61. The third-order valence-electron chi connectivity index (χ3n) is 4.75. The molecular formula is C26H38O5. The van der Waals surface area contributed by atoms with Crippen LogP contribution < -0.4 is 9.47 Å². The van der Waals surface area contributed by atoms with Crippen molar-refractivity contribution in [3.63, 3.8) is 0 Å². The average Bonchev–Trinajstić information content (AvgIpc) is 2.76. The largest absolute Gasteiger partial charge is 0.482 e. The Morgan fingerprint density at radius 1 is 0.806 bits per heavy atom. The maximum atomic E-state index is 11.9. The fourth-order valence-corrected chi connectivity index (χ4v) is 3.01. The first kappa shape index (κ1) is 26.5. The maximum Gasteiger partial charge on any atom is 0.341 e. The molecule has 1 N–H and O–H groups in total. The van der Waals surface area contributed by atoms with Crippen LogP contribution in [0.25, 0.3) is 0 Å². The number of carbonyl (C=O) groups is 2. The molecule has 0 aliphatic heterocycles. The second kappa shape index (κ2) is 18.2. The first-order valence-corrected chi connectivity index (χ1v) is 11.6. The lowest BCUT2D eigenvalue weighted by molar-refractivity contribution is -0.139. The highest BCUT2D eigenvalue weighted by atomic mass is 16.5. The summed E-state index contributed by atoms with van der Waals surface area (Å²) in [5.41, 5.74) is 0. The zero-order valence-electron chi connectivity index (χ0n) is 18.9. The number of allylic oxidation sites excluding steroid dienone is 4. The van der Waals surface area contributed by atoms with Crippen molar-refractivity contribution >= 4 is 11.9 Å². The average molecular weight is 431 g/mol. The van der Waals surface area contributed by atoms with Crippen LogP contribution in [0.4, 0.5) is 0 Å². The molecule has 0 amide bonds. The van der Waals surface area contributed by atoms with Crippen molar-refractivity contribution < 1.29 is 24.2 Å². The summed E-state index contributed by atoms with van der Waals surface area (Å²) >= 11 is 0. The molecular weight excluding hydrogens is 392 g/mol. The van der Waals surface area contributed by atoms with E-state index in [1.807, 2.05) is 0 Å². The van der Waals surface area contributed by atoms with Crippen LogP contribution in [0.15, 0.2) is 48.6 Å². The summed E-state index contributed by atoms with van der Waals surface area (Å²) in [7, 11) is 0. The fourth-order valence-electron chi connectivity index (χ4n) is 3.01. The van der Waals surface area contributed by atoms with Gasteiger partial charge in [-0.05, 0) is 62.8 Å². The summed E-state index contributed by atoms with van der Waals surface area (Å²) in [5.74, 6) is -0.413. The number of carboxylic acid groups (broad SMARTS) is 1. The third kappa shape index (κ3) is 15.9. The van der Waals surface area contributed by atoms with Crippen LogP contribution in [-0.4, -0.2) is 23.7 Å². The van der Waals surface area contributed by atoms with Crippen LogP contribution in [0.2, 0.25) is 0 Å². The highest BCUT2D eigenvalue weighted by Crippen LogP contribution is 2.18. The van der Waals surface area contributed by atoms with E-state index >= 15 is 0 Å². The normalized spacial score (nSPS) is 11.3. The molecule has 0 heterocycles. The van der Waals surface area contributed by atoms with Gasteiger partial charge in [-0.3, -0.25) is 4.79 Å². The van der Waals surface area contributed by atoms with Crippen LogP contribution in [0.5, 0.6) is 11.5 Å². The standard InChI is InChI=1S/C26H38O5/c1-2-3-4-5-6-7-8-9-10-11-12-13-14-15-16-17-26(29)31-24-20-18-23(19-21-24)30-22-25(27)28/h6-7,9-10,18-21H,2-5,8,11-17,22H2,1H3,(H,27,28)/b7-6-,10-9-. The van der Waals surface area contributed by atoms with Gasteiger partial charge in [0.2, 0.25) is 0 Å². The Labute approximate surface area is 187 Å². The minimum Gasteiger partial charge on any atom is -0.482 e. The predicted octanol–water partition coefficient (Wildman–Crippen LogP) is 6.87. The number of aliphatic carboxylic acids is 1. The summed E-state index contributed by atoms with van der Waals surface area (Å²) in [6.07, 6.45) is 22.1. The van der Waals surface area contributed by atoms with Gasteiger partial charge in [0.15, 0.2) is 6.61 Å². The minimum atomic E-state index is -1.03. The van der Waals surface area contributed by atoms with E-state index in [0.717, 1.165) is 32.1 Å². The molecule has 0 bridgehead atoms. The number of unbranched alkanes of at least 4 members (excludes halogenated alkanes) is 8. The van der Waals surface area contributed by atoms with Crippen molar-refractivity contribution in [3.05, 3.63) is 48.6 Å². The quantitative estimate of drug-likeness (QED) is 0.119. The first-order valence-electron chi connectivity index (χ1n) is 11.6. The number of hydrogen-bond donors (Lipinski definition) is 1. The van der Waals surface area contributed by atoms with Crippen LogP contribution in [0, 0.1) is 0 Å². The number of hydrogen-bond acceptors (Lipinski definition) is 4. The molecule has 0 aliphatic carbocycles. The van der Waals surface area contributed by atoms with Crippen molar-refractivity contribution in [1.29, 1.82) is 0 Å². The van der Waals surface area contributed by atoms with Gasteiger partial charge in [-0.2, -0.15) is 0 Å². The van der Waals surface area contributed by atoms with E-state index in [4.69, 9.17) is 14.6 Å². The number of rotatable bonds is 18. The van der Waals surface area contributed by atoms with Gasteiger partial charge >= 0.3 is 11.9 Å². The molecule has 1 aromatic carbocycles. The summed E-state index contributed by atoms with van der Waals surface area (Å²) in [4.78, 5) is 22.4. The van der Waals surface area contributed by atoms with Crippen molar-refractivity contribution in [2.45, 2.75) is 84.0 Å². The number of esters is 1. The number of carboxylic acids is 1. The Bertz CT molecular complexity index is 661. The van der Waals surface area contributed by atoms with E-state index in [1.54, 1.807) is 24.3 Å². The van der Waals surface area contributed by atoms with Gasteiger partial charge in [0, 0.05) is 6.42 Å². The summed E-state index contributed by atoms with van der Waals surface area (Å²) in [6.45, 7) is 1.83. The molecule has 1 aromatic rings. The Morgan fingerprint density at radius 2 is 1.39 bits per heavy atom. The molecule has 0 aliphatic rings. The van der Waals surface area contributed by atoms with E-state index in [1.165, 1.54) is 38.5 Å². The van der Waals surface area contributed by atoms with Crippen molar-refractivity contribution in [1.82, 2.24) is 0 Å². The molecule has 5 heteroatoms. The molecule has 1 rings (SSSR count). The van der Waals surface area contributed by atoms with Gasteiger partial charge in [0.25, 0.3) is 0 Å². The lowest BCUT2D eigenvalue weighted by Crippen LogP contribution is -2.09. The smallest absolute Gasteiger partial charge is 0.341 e. The van der Waals surface area contributed by atoms with E-state index < -0.39 is 12.6 Å². The molecule has 31 heavy (non-hydrogen) atoms. The van der Waals surface area contributed by atoms with E-state index in [-0.39, 0.29) is 5.97 Å². The fraction of sp³-hybridized carbons (Fsp3) is 0.538. The highest BCUT2D eigenvalue weighted by Gasteiger charge is 2.05. The van der Waals surface area contributed by atoms with Crippen LogP contribution in [0.3, 0.4) is 0 Å². The van der Waals surface area contributed by atoms with Gasteiger partial charge in [-0.25, -0.2) is 4.79 Å². The van der Waals surface area contributed by atoms with E-state index in [2.05, 4.69) is 31.2 Å². The first-order chi connectivity index (χ1) is 15.1. The summed E-state index contributed by atoms with van der Waals surface area (Å²) in [6, 6.07) is 6.38. The molecule has 0 saturated carbocycles. The lowest BCUT2D eigenvalue weighted by atomic mass is 10.1. The molecule has 0 radical (unpaired) electrons. The van der Waals surface area contributed by atoms with Gasteiger partial charge in [0.05, 0.1) is 0 Å². The Morgan fingerprint density at radius 3 is 2.03 bits per heavy atom. The molecule has 0 aromatic heterocycles. The van der Waals surface area contributed by atoms with Crippen LogP contribution in [0.1, 0.15) is 84.0 Å². The van der Waals surface area contributed by atoms with Crippen molar-refractivity contribution in [2.24, 2.45) is 0 Å². The molecule has 5 nitrogen and oxygen atoms in total. The van der Waals surface area contributed by atoms with Crippen molar-refractivity contribution in [3.8, 4) is 11.5 Å². The number of ether oxygens (including phenoxy) is 2. The van der Waals surface area contributed by atoms with Crippen LogP contribution in [-0.2, 0) is 9.59 Å². The van der Waals surface area contributed by atoms with Gasteiger partial charge in [0.1, 0.15) is 11.5 Å². The molecule has 0 saturated heterocycles. The molecule has 172 valence electrons. The maximum absolute atomic E-state index is 11.9. The van der Waals surface area contributed by atoms with E-state index in [0.29, 0.717) is 17.9 Å². The Balaban J connectivity index is 1.98. The molecule has 0 fully saturated rings. The van der Waals surface area contributed by atoms with Gasteiger partial charge in [-0.1, -0.05) is 63.3 Å². The number of benzene rings is 1. The van der Waals surface area contributed by atoms with Gasteiger partial charge in [-0.15, -0.1) is 0 Å². The third-order valence-corrected chi connectivity index (χ3v) is 4.75. The summed E-state index contributed by atoms with van der Waals surface area (Å²) < 4.78 is 10.3.